The van der Waals surface area contributed by atoms with Gasteiger partial charge in [0.1, 0.15) is 17.9 Å². The van der Waals surface area contributed by atoms with Crippen molar-refractivity contribution >= 4 is 16.8 Å². The van der Waals surface area contributed by atoms with Gasteiger partial charge in [0.25, 0.3) is 5.56 Å². The summed E-state index contributed by atoms with van der Waals surface area (Å²) >= 11 is 0. The molecule has 1 saturated carbocycles. The summed E-state index contributed by atoms with van der Waals surface area (Å²) in [5, 5.41) is 12.4. The average Bonchev–Trinajstić information content (AvgIpc) is 3.55. The van der Waals surface area contributed by atoms with Crippen LogP contribution < -0.4 is 10.9 Å². The summed E-state index contributed by atoms with van der Waals surface area (Å²) < 4.78 is 16.1. The van der Waals surface area contributed by atoms with Crippen LogP contribution in [0.5, 0.6) is 0 Å². The van der Waals surface area contributed by atoms with Crippen molar-refractivity contribution < 1.29 is 9.18 Å². The molecule has 0 atom stereocenters. The second-order valence-corrected chi connectivity index (χ2v) is 8.00. The summed E-state index contributed by atoms with van der Waals surface area (Å²) in [4.78, 5) is 25.8. The quantitative estimate of drug-likeness (QED) is 0.488. The Kier molecular flexibility index (Phi) is 5.26. The highest BCUT2D eigenvalue weighted by atomic mass is 19.1. The summed E-state index contributed by atoms with van der Waals surface area (Å²) in [6, 6.07) is 15.7. The fourth-order valence-electron chi connectivity index (χ4n) is 3.82. The second-order valence-electron chi connectivity index (χ2n) is 8.00. The van der Waals surface area contributed by atoms with Crippen LogP contribution in [-0.2, 0) is 17.8 Å². The van der Waals surface area contributed by atoms with E-state index in [2.05, 4.69) is 15.5 Å². The monoisotopic (exact) mass is 431 g/mol. The van der Waals surface area contributed by atoms with Crippen molar-refractivity contribution in [3.8, 4) is 5.69 Å². The highest BCUT2D eigenvalue weighted by molar-refractivity contribution is 5.83. The van der Waals surface area contributed by atoms with Crippen LogP contribution in [0.3, 0.4) is 0 Å². The van der Waals surface area contributed by atoms with Gasteiger partial charge in [-0.05, 0) is 49.1 Å². The normalized spacial score (nSPS) is 13.4. The van der Waals surface area contributed by atoms with E-state index in [1.54, 1.807) is 18.3 Å². The zero-order valence-electron chi connectivity index (χ0n) is 17.4. The van der Waals surface area contributed by atoms with Crippen LogP contribution in [0.4, 0.5) is 4.39 Å². The van der Waals surface area contributed by atoms with Crippen LogP contribution in [0.15, 0.2) is 65.6 Å². The van der Waals surface area contributed by atoms with Crippen LogP contribution >= 0.6 is 0 Å². The second kappa shape index (κ2) is 8.37. The van der Waals surface area contributed by atoms with E-state index in [0.717, 1.165) is 24.1 Å². The fraction of sp³-hybridized carbons (Fsp3) is 0.250. The van der Waals surface area contributed by atoms with Crippen molar-refractivity contribution in [1.82, 2.24) is 24.9 Å². The molecule has 2 aromatic heterocycles. The molecule has 0 saturated heterocycles. The first-order valence-corrected chi connectivity index (χ1v) is 10.7. The van der Waals surface area contributed by atoms with Crippen molar-refractivity contribution in [1.29, 1.82) is 0 Å². The third kappa shape index (κ3) is 4.03. The molecule has 4 aromatic rings. The molecule has 1 aliphatic rings. The topological polar surface area (TPSA) is 81.8 Å². The zero-order chi connectivity index (χ0) is 22.1. The van der Waals surface area contributed by atoms with Crippen molar-refractivity contribution in [3.63, 3.8) is 0 Å². The summed E-state index contributed by atoms with van der Waals surface area (Å²) in [7, 11) is 0. The Labute approximate surface area is 183 Å². The van der Waals surface area contributed by atoms with Gasteiger partial charge in [0, 0.05) is 17.8 Å². The molecule has 2 heterocycles. The number of amides is 1. The predicted molar refractivity (Wildman–Crippen MR) is 118 cm³/mol. The molecular weight excluding hydrogens is 409 g/mol. The Morgan fingerprint density at radius 3 is 2.56 bits per heavy atom. The minimum absolute atomic E-state index is 0.169. The first-order chi connectivity index (χ1) is 15.6. The number of nitrogens with one attached hydrogen (secondary N) is 1. The van der Waals surface area contributed by atoms with Gasteiger partial charge in [-0.1, -0.05) is 30.3 Å². The van der Waals surface area contributed by atoms with Gasteiger partial charge >= 0.3 is 0 Å². The molecule has 8 heteroatoms. The first-order valence-electron chi connectivity index (χ1n) is 10.7. The number of benzene rings is 2. The number of hydrogen-bond acceptors (Lipinski definition) is 4. The van der Waals surface area contributed by atoms with Gasteiger partial charge in [0.15, 0.2) is 0 Å². The van der Waals surface area contributed by atoms with Gasteiger partial charge in [-0.3, -0.25) is 9.59 Å². The molecule has 1 aliphatic carbocycles. The van der Waals surface area contributed by atoms with E-state index in [0.29, 0.717) is 29.6 Å². The summed E-state index contributed by atoms with van der Waals surface area (Å²) in [5.41, 5.74) is 2.44. The molecule has 5 rings (SSSR count). The summed E-state index contributed by atoms with van der Waals surface area (Å²) in [5.74, 6) is -0.379. The Bertz CT molecular complexity index is 1320. The number of fused-ring (bicyclic) bond motifs is 1. The molecule has 32 heavy (non-hydrogen) atoms. The van der Waals surface area contributed by atoms with E-state index >= 15 is 0 Å². The number of rotatable bonds is 7. The molecule has 1 fully saturated rings. The van der Waals surface area contributed by atoms with Crippen molar-refractivity contribution in [2.75, 3.05) is 6.54 Å². The van der Waals surface area contributed by atoms with Crippen molar-refractivity contribution in [3.05, 3.63) is 88.2 Å². The Balaban J connectivity index is 1.43. The summed E-state index contributed by atoms with van der Waals surface area (Å²) in [6.07, 6.45) is 4.32. The Hall–Kier alpha value is -3.81. The van der Waals surface area contributed by atoms with E-state index in [1.165, 1.54) is 21.5 Å². The number of hydrogen-bond donors (Lipinski definition) is 1. The first kappa shape index (κ1) is 20.1. The Morgan fingerprint density at radius 1 is 1.09 bits per heavy atom. The molecule has 2 aromatic carbocycles. The fourth-order valence-corrected chi connectivity index (χ4v) is 3.82. The van der Waals surface area contributed by atoms with Gasteiger partial charge in [-0.2, -0.15) is 10.2 Å². The smallest absolute Gasteiger partial charge is 0.293 e. The van der Waals surface area contributed by atoms with E-state index < -0.39 is 5.56 Å². The number of halogens is 1. The maximum absolute atomic E-state index is 13.4. The van der Waals surface area contributed by atoms with Crippen molar-refractivity contribution in [2.24, 2.45) is 0 Å². The molecular formula is C24H22FN5O2. The van der Waals surface area contributed by atoms with Gasteiger partial charge in [-0.25, -0.2) is 13.8 Å². The third-order valence-corrected chi connectivity index (χ3v) is 5.62. The van der Waals surface area contributed by atoms with E-state index in [4.69, 9.17) is 0 Å². The molecule has 0 aliphatic heterocycles. The largest absolute Gasteiger partial charge is 0.354 e. The molecule has 0 spiro atoms. The zero-order valence-corrected chi connectivity index (χ0v) is 17.4. The lowest BCUT2D eigenvalue weighted by molar-refractivity contribution is -0.121. The molecule has 1 N–H and O–H groups in total. The summed E-state index contributed by atoms with van der Waals surface area (Å²) in [6.45, 7) is 0.306. The standard InChI is InChI=1S/C24H22FN5O2/c25-18-8-10-19(11-9-18)30-23-20(14-27-30)22(17-6-7-17)28-29(24(23)32)15-21(31)26-13-12-16-4-2-1-3-5-16/h1-5,8-11,14,17H,6-7,12-13,15H2,(H,26,31). The molecule has 0 bridgehead atoms. The number of carbonyl (C=O) groups excluding carboxylic acids is 1. The number of carbonyl (C=O) groups is 1. The van der Waals surface area contributed by atoms with Gasteiger partial charge in [0.2, 0.25) is 5.91 Å². The average molecular weight is 431 g/mol. The number of aromatic nitrogens is 4. The lowest BCUT2D eigenvalue weighted by Crippen LogP contribution is -2.35. The number of nitrogens with zero attached hydrogens (tertiary/aromatic N) is 4. The van der Waals surface area contributed by atoms with Gasteiger partial charge in [-0.15, -0.1) is 0 Å². The third-order valence-electron chi connectivity index (χ3n) is 5.62. The Morgan fingerprint density at radius 2 is 1.84 bits per heavy atom. The minimum atomic E-state index is -0.399. The maximum atomic E-state index is 13.4. The SMILES string of the molecule is O=C(Cn1nc(C2CC2)c2cnn(-c3ccc(F)cc3)c2c1=O)NCCc1ccccc1. The molecule has 7 nitrogen and oxygen atoms in total. The molecule has 0 unspecified atom stereocenters. The molecule has 162 valence electrons. The van der Waals surface area contributed by atoms with Crippen LogP contribution in [-0.4, -0.2) is 32.0 Å². The minimum Gasteiger partial charge on any atom is -0.354 e. The van der Waals surface area contributed by atoms with Gasteiger partial charge in [0.05, 0.1) is 17.6 Å². The van der Waals surface area contributed by atoms with E-state index in [9.17, 15) is 14.0 Å². The highest BCUT2D eigenvalue weighted by Crippen LogP contribution is 2.41. The molecule has 1 amide bonds. The van der Waals surface area contributed by atoms with Crippen LogP contribution in [0.1, 0.15) is 30.0 Å². The van der Waals surface area contributed by atoms with Crippen LogP contribution in [0.2, 0.25) is 0 Å². The molecule has 0 radical (unpaired) electrons. The van der Waals surface area contributed by atoms with Crippen molar-refractivity contribution in [2.45, 2.75) is 31.7 Å². The van der Waals surface area contributed by atoms with Gasteiger partial charge < -0.3 is 5.32 Å². The van der Waals surface area contributed by atoms with Crippen LogP contribution in [0, 0.1) is 5.82 Å². The van der Waals surface area contributed by atoms with Crippen LogP contribution in [0.25, 0.3) is 16.6 Å². The van der Waals surface area contributed by atoms with E-state index in [-0.39, 0.29) is 24.2 Å². The van der Waals surface area contributed by atoms with E-state index in [1.807, 2.05) is 30.3 Å². The lowest BCUT2D eigenvalue weighted by Gasteiger charge is -2.10. The predicted octanol–water partition coefficient (Wildman–Crippen LogP) is 2.96. The lowest BCUT2D eigenvalue weighted by atomic mass is 10.1. The maximum Gasteiger partial charge on any atom is 0.293 e. The highest BCUT2D eigenvalue weighted by Gasteiger charge is 2.30.